The number of amides is 1. The molecule has 3 heterocycles. The molecule has 0 aliphatic heterocycles. The van der Waals surface area contributed by atoms with Crippen LogP contribution < -0.4 is 5.32 Å². The second kappa shape index (κ2) is 7.85. The summed E-state index contributed by atoms with van der Waals surface area (Å²) >= 11 is 3.02. The van der Waals surface area contributed by atoms with E-state index in [-0.39, 0.29) is 5.91 Å². The van der Waals surface area contributed by atoms with Gasteiger partial charge in [-0.1, -0.05) is 17.8 Å². The normalized spacial score (nSPS) is 10.4. The van der Waals surface area contributed by atoms with Crippen LogP contribution in [0.15, 0.2) is 64.4 Å². The highest BCUT2D eigenvalue weighted by Crippen LogP contribution is 2.25. The van der Waals surface area contributed by atoms with Crippen molar-refractivity contribution in [3.63, 3.8) is 0 Å². The molecule has 0 unspecified atom stereocenters. The van der Waals surface area contributed by atoms with E-state index in [9.17, 15) is 4.79 Å². The zero-order valence-corrected chi connectivity index (χ0v) is 13.8. The minimum Gasteiger partial charge on any atom is -0.326 e. The van der Waals surface area contributed by atoms with Crippen LogP contribution in [-0.2, 0) is 11.2 Å². The fourth-order valence-electron chi connectivity index (χ4n) is 1.88. The van der Waals surface area contributed by atoms with Crippen molar-refractivity contribution in [2.24, 2.45) is 0 Å². The Morgan fingerprint density at radius 2 is 2.00 bits per heavy atom. The number of aryl methyl sites for hydroxylation is 1. The van der Waals surface area contributed by atoms with E-state index in [4.69, 9.17) is 0 Å². The van der Waals surface area contributed by atoms with E-state index >= 15 is 0 Å². The highest BCUT2D eigenvalue weighted by molar-refractivity contribution is 7.99. The van der Waals surface area contributed by atoms with Gasteiger partial charge < -0.3 is 5.32 Å². The lowest BCUT2D eigenvalue weighted by Gasteiger charge is -2.06. The molecule has 0 radical (unpaired) electrons. The highest BCUT2D eigenvalue weighted by atomic mass is 32.2. The summed E-state index contributed by atoms with van der Waals surface area (Å²) in [4.78, 5) is 24.7. The minimum atomic E-state index is -0.0276. The topological polar surface area (TPSA) is 67.8 Å². The number of rotatable bonds is 6. The Balaban J connectivity index is 1.57. The number of aromatic nitrogens is 3. The molecule has 5 nitrogen and oxygen atoms in total. The third-order valence-electron chi connectivity index (χ3n) is 2.91. The largest absolute Gasteiger partial charge is 0.326 e. The molecule has 0 aliphatic rings. The smallest absolute Gasteiger partial charge is 0.224 e. The molecule has 0 saturated heterocycles. The number of nitrogens with one attached hydrogen (secondary N) is 1. The van der Waals surface area contributed by atoms with Crippen LogP contribution in [0.2, 0.25) is 0 Å². The number of carbonyl (C=O) groups is 1. The number of pyridine rings is 2. The fourth-order valence-corrected chi connectivity index (χ4v) is 3.27. The van der Waals surface area contributed by atoms with Gasteiger partial charge in [0.25, 0.3) is 0 Å². The lowest BCUT2D eigenvalue weighted by molar-refractivity contribution is -0.116. The molecule has 7 heteroatoms. The molecule has 0 fully saturated rings. The van der Waals surface area contributed by atoms with Gasteiger partial charge in [0.2, 0.25) is 5.91 Å². The lowest BCUT2D eigenvalue weighted by atomic mass is 10.3. The summed E-state index contributed by atoms with van der Waals surface area (Å²) in [7, 11) is 0. The summed E-state index contributed by atoms with van der Waals surface area (Å²) in [5.41, 5.74) is 0.738. The van der Waals surface area contributed by atoms with Crippen LogP contribution in [0.25, 0.3) is 0 Å². The zero-order chi connectivity index (χ0) is 15.9. The van der Waals surface area contributed by atoms with Crippen LogP contribution in [0.4, 0.5) is 5.69 Å². The average molecular weight is 342 g/mol. The number of hydrogen-bond donors (Lipinski definition) is 1. The quantitative estimate of drug-likeness (QED) is 0.740. The molecule has 0 aliphatic carbocycles. The molecule has 0 bridgehead atoms. The summed E-state index contributed by atoms with van der Waals surface area (Å²) in [5.74, 6) is -0.0276. The van der Waals surface area contributed by atoms with Gasteiger partial charge in [0.05, 0.1) is 5.01 Å². The van der Waals surface area contributed by atoms with Crippen molar-refractivity contribution < 1.29 is 4.79 Å². The van der Waals surface area contributed by atoms with Crippen LogP contribution in [-0.4, -0.2) is 20.9 Å². The Morgan fingerprint density at radius 3 is 2.78 bits per heavy atom. The third-order valence-corrected chi connectivity index (χ3v) is 4.64. The molecule has 3 rings (SSSR count). The van der Waals surface area contributed by atoms with Gasteiger partial charge in [0, 0.05) is 42.5 Å². The van der Waals surface area contributed by atoms with E-state index in [1.165, 1.54) is 11.8 Å². The Kier molecular flexibility index (Phi) is 5.33. The van der Waals surface area contributed by atoms with E-state index < -0.39 is 0 Å². The molecule has 23 heavy (non-hydrogen) atoms. The van der Waals surface area contributed by atoms with Crippen molar-refractivity contribution >= 4 is 34.7 Å². The number of hydrogen-bond acceptors (Lipinski definition) is 6. The first-order valence-corrected chi connectivity index (χ1v) is 8.72. The molecule has 0 spiro atoms. The molecule has 3 aromatic heterocycles. The average Bonchev–Trinajstić information content (AvgIpc) is 3.08. The van der Waals surface area contributed by atoms with Gasteiger partial charge in [-0.3, -0.25) is 4.79 Å². The van der Waals surface area contributed by atoms with Crippen molar-refractivity contribution in [3.05, 3.63) is 59.3 Å². The predicted octanol–water partition coefficient (Wildman–Crippen LogP) is 3.66. The number of anilines is 1. The molecule has 1 amide bonds. The zero-order valence-electron chi connectivity index (χ0n) is 12.2. The Labute approximate surface area is 142 Å². The van der Waals surface area contributed by atoms with Crippen LogP contribution in [0.1, 0.15) is 11.4 Å². The van der Waals surface area contributed by atoms with E-state index in [2.05, 4.69) is 20.3 Å². The highest BCUT2D eigenvalue weighted by Gasteiger charge is 2.06. The summed E-state index contributed by atoms with van der Waals surface area (Å²) in [6.45, 7) is 0. The van der Waals surface area contributed by atoms with E-state index in [1.54, 1.807) is 36.0 Å². The molecule has 1 N–H and O–H groups in total. The number of carbonyl (C=O) groups excluding carboxylic acids is 1. The molecule has 3 aromatic rings. The molecule has 116 valence electrons. The van der Waals surface area contributed by atoms with Gasteiger partial charge in [-0.05, 0) is 24.3 Å². The summed E-state index contributed by atoms with van der Waals surface area (Å²) < 4.78 is 0. The third kappa shape index (κ3) is 4.87. The molecule has 0 saturated carbocycles. The second-order valence-corrected chi connectivity index (χ2v) is 6.65. The van der Waals surface area contributed by atoms with Crippen molar-refractivity contribution in [1.82, 2.24) is 15.0 Å². The second-order valence-electron chi connectivity index (χ2n) is 4.63. The molecular weight excluding hydrogens is 328 g/mol. The summed E-state index contributed by atoms with van der Waals surface area (Å²) in [6.07, 6.45) is 6.25. The van der Waals surface area contributed by atoms with Crippen LogP contribution in [0.5, 0.6) is 0 Å². The summed E-state index contributed by atoms with van der Waals surface area (Å²) in [5, 5.41) is 7.44. The van der Waals surface area contributed by atoms with Gasteiger partial charge in [-0.25, -0.2) is 15.0 Å². The molecule has 0 atom stereocenters. The van der Waals surface area contributed by atoms with Crippen molar-refractivity contribution in [1.29, 1.82) is 0 Å². The molecular formula is C16H14N4OS2. The van der Waals surface area contributed by atoms with Crippen LogP contribution >= 0.6 is 23.1 Å². The Morgan fingerprint density at radius 1 is 1.09 bits per heavy atom. The maximum absolute atomic E-state index is 12.0. The molecule has 0 aromatic carbocycles. The summed E-state index contributed by atoms with van der Waals surface area (Å²) in [6, 6.07) is 9.35. The Hall–Kier alpha value is -2.25. The number of thiazole rings is 1. The first-order chi connectivity index (χ1) is 11.3. The monoisotopic (exact) mass is 342 g/mol. The Bertz CT molecular complexity index is 763. The minimum absolute atomic E-state index is 0.0276. The van der Waals surface area contributed by atoms with Crippen LogP contribution in [0.3, 0.4) is 0 Å². The van der Waals surface area contributed by atoms with E-state index in [0.29, 0.717) is 12.8 Å². The van der Waals surface area contributed by atoms with Gasteiger partial charge in [-0.15, -0.1) is 11.3 Å². The van der Waals surface area contributed by atoms with E-state index in [0.717, 1.165) is 20.7 Å². The number of nitrogens with zero attached hydrogens (tertiary/aromatic N) is 3. The van der Waals surface area contributed by atoms with Gasteiger partial charge in [-0.2, -0.15) is 0 Å². The first-order valence-electron chi connectivity index (χ1n) is 7.03. The lowest BCUT2D eigenvalue weighted by Crippen LogP contribution is -2.12. The first kappa shape index (κ1) is 15.6. The van der Waals surface area contributed by atoms with Gasteiger partial charge in [0.15, 0.2) is 0 Å². The standard InChI is InChI=1S/C16H14N4OS2/c21-13(4-5-14-19-9-10-22-14)20-12-6-8-18-16(11-12)23-15-3-1-2-7-17-15/h1-3,6-11H,4-5H2,(H,18,20,21). The van der Waals surface area contributed by atoms with Crippen molar-refractivity contribution in [3.8, 4) is 0 Å². The maximum atomic E-state index is 12.0. The maximum Gasteiger partial charge on any atom is 0.224 e. The SMILES string of the molecule is O=C(CCc1nccs1)Nc1ccnc(Sc2ccccn2)c1. The van der Waals surface area contributed by atoms with E-state index in [1.807, 2.05) is 29.6 Å². The van der Waals surface area contributed by atoms with Crippen molar-refractivity contribution in [2.75, 3.05) is 5.32 Å². The van der Waals surface area contributed by atoms with Gasteiger partial charge >= 0.3 is 0 Å². The van der Waals surface area contributed by atoms with Gasteiger partial charge in [0.1, 0.15) is 10.1 Å². The fraction of sp³-hybridized carbons (Fsp3) is 0.125. The predicted molar refractivity (Wildman–Crippen MR) is 91.7 cm³/mol. The van der Waals surface area contributed by atoms with Crippen molar-refractivity contribution in [2.45, 2.75) is 22.9 Å². The van der Waals surface area contributed by atoms with Crippen LogP contribution in [0, 0.1) is 0 Å².